The second-order valence-corrected chi connectivity index (χ2v) is 6.31. The summed E-state index contributed by atoms with van der Waals surface area (Å²) in [6.45, 7) is 1.94. The SMILES string of the molecule is CNC(=O)c1nc2ccnc(OCC[C@H]3NC(=O)[C@@H](F)[C@H]3C)c2cc1OC. The lowest BCUT2D eigenvalue weighted by molar-refractivity contribution is -0.123. The lowest BCUT2D eigenvalue weighted by Crippen LogP contribution is -2.29. The van der Waals surface area contributed by atoms with Crippen LogP contribution in [0.3, 0.4) is 0 Å². The predicted molar refractivity (Wildman–Crippen MR) is 95.6 cm³/mol. The Morgan fingerprint density at radius 1 is 1.44 bits per heavy atom. The average Bonchev–Trinajstić information content (AvgIpc) is 2.93. The number of halogens is 1. The zero-order valence-electron chi connectivity index (χ0n) is 15.3. The molecular formula is C18H21FN4O4. The minimum absolute atomic E-state index is 0.168. The number of aromatic nitrogens is 2. The molecule has 0 spiro atoms. The first-order valence-electron chi connectivity index (χ1n) is 8.59. The molecule has 1 fully saturated rings. The van der Waals surface area contributed by atoms with Gasteiger partial charge in [-0.1, -0.05) is 6.92 Å². The number of nitrogens with zero attached hydrogens (tertiary/aromatic N) is 2. The predicted octanol–water partition coefficient (Wildman–Crippen LogP) is 1.24. The van der Waals surface area contributed by atoms with Gasteiger partial charge in [0.1, 0.15) is 0 Å². The molecule has 1 saturated heterocycles. The summed E-state index contributed by atoms with van der Waals surface area (Å²) in [5.41, 5.74) is 0.701. The first-order valence-corrected chi connectivity index (χ1v) is 8.59. The molecule has 0 aliphatic carbocycles. The molecule has 3 heterocycles. The van der Waals surface area contributed by atoms with Gasteiger partial charge in [0.15, 0.2) is 17.6 Å². The van der Waals surface area contributed by atoms with Crippen LogP contribution in [0.25, 0.3) is 10.9 Å². The maximum absolute atomic E-state index is 13.6. The smallest absolute Gasteiger partial charge is 0.273 e. The quantitative estimate of drug-likeness (QED) is 0.786. The second kappa shape index (κ2) is 7.73. The number of pyridine rings is 2. The first kappa shape index (κ1) is 18.8. The van der Waals surface area contributed by atoms with E-state index in [9.17, 15) is 14.0 Å². The van der Waals surface area contributed by atoms with Crippen molar-refractivity contribution in [3.63, 3.8) is 0 Å². The number of hydrogen-bond donors (Lipinski definition) is 2. The van der Waals surface area contributed by atoms with E-state index in [0.29, 0.717) is 29.0 Å². The third-order valence-electron chi connectivity index (χ3n) is 4.68. The summed E-state index contributed by atoms with van der Waals surface area (Å²) in [7, 11) is 2.96. The molecule has 2 amide bonds. The molecule has 0 radical (unpaired) electrons. The molecule has 2 aromatic rings. The van der Waals surface area contributed by atoms with E-state index < -0.39 is 18.0 Å². The molecule has 0 unspecified atom stereocenters. The van der Waals surface area contributed by atoms with Crippen molar-refractivity contribution in [2.24, 2.45) is 5.92 Å². The number of hydrogen-bond acceptors (Lipinski definition) is 6. The molecule has 3 atom stereocenters. The fourth-order valence-corrected chi connectivity index (χ4v) is 3.06. The van der Waals surface area contributed by atoms with Gasteiger partial charge < -0.3 is 20.1 Å². The van der Waals surface area contributed by atoms with Crippen LogP contribution in [0.4, 0.5) is 4.39 Å². The summed E-state index contributed by atoms with van der Waals surface area (Å²) in [5.74, 6) is -0.711. The van der Waals surface area contributed by atoms with Gasteiger partial charge in [-0.3, -0.25) is 9.59 Å². The molecule has 2 N–H and O–H groups in total. The highest BCUT2D eigenvalue weighted by Crippen LogP contribution is 2.29. The van der Waals surface area contributed by atoms with Crippen LogP contribution in [0.2, 0.25) is 0 Å². The molecule has 9 heteroatoms. The van der Waals surface area contributed by atoms with Gasteiger partial charge in [0.25, 0.3) is 11.8 Å². The fraction of sp³-hybridized carbons (Fsp3) is 0.444. The van der Waals surface area contributed by atoms with Gasteiger partial charge in [-0.2, -0.15) is 0 Å². The van der Waals surface area contributed by atoms with Crippen LogP contribution in [0.1, 0.15) is 23.8 Å². The highest BCUT2D eigenvalue weighted by Gasteiger charge is 2.39. The zero-order valence-corrected chi connectivity index (χ0v) is 15.3. The van der Waals surface area contributed by atoms with Crippen molar-refractivity contribution < 1.29 is 23.5 Å². The van der Waals surface area contributed by atoms with Gasteiger partial charge in [-0.25, -0.2) is 14.4 Å². The summed E-state index contributed by atoms with van der Waals surface area (Å²) < 4.78 is 24.6. The number of methoxy groups -OCH3 is 1. The van der Waals surface area contributed by atoms with Gasteiger partial charge in [0.05, 0.1) is 24.6 Å². The molecule has 3 rings (SSSR count). The van der Waals surface area contributed by atoms with Gasteiger partial charge in [0, 0.05) is 31.6 Å². The molecule has 1 aliphatic heterocycles. The van der Waals surface area contributed by atoms with Crippen molar-refractivity contribution in [3.05, 3.63) is 24.0 Å². The maximum atomic E-state index is 13.6. The van der Waals surface area contributed by atoms with Crippen LogP contribution in [0, 0.1) is 5.92 Å². The lowest BCUT2D eigenvalue weighted by Gasteiger charge is -2.16. The summed E-state index contributed by atoms with van der Waals surface area (Å²) in [5, 5.41) is 5.74. The monoisotopic (exact) mass is 376 g/mol. The van der Waals surface area contributed by atoms with Crippen molar-refractivity contribution in [1.82, 2.24) is 20.6 Å². The van der Waals surface area contributed by atoms with E-state index in [4.69, 9.17) is 9.47 Å². The summed E-state index contributed by atoms with van der Waals surface area (Å²) >= 11 is 0. The standard InChI is InChI=1S/C18H21FN4O4/c1-9-11(23-16(24)14(9)19)5-7-27-18-10-8-13(26-3)15(17(25)20-2)22-12(10)4-6-21-18/h4,6,8-9,11,14H,5,7H2,1-3H3,(H,20,25)(H,23,24)/t9-,11+,14-/m0/s1. The van der Waals surface area contributed by atoms with Crippen molar-refractivity contribution in [2.75, 3.05) is 20.8 Å². The van der Waals surface area contributed by atoms with E-state index in [1.807, 2.05) is 0 Å². The Labute approximate surface area is 155 Å². The van der Waals surface area contributed by atoms with Crippen LogP contribution >= 0.6 is 0 Å². The third-order valence-corrected chi connectivity index (χ3v) is 4.68. The zero-order chi connectivity index (χ0) is 19.6. The van der Waals surface area contributed by atoms with E-state index in [0.717, 1.165) is 0 Å². The Morgan fingerprint density at radius 3 is 2.85 bits per heavy atom. The van der Waals surface area contributed by atoms with Gasteiger partial charge in [0.2, 0.25) is 5.88 Å². The number of carbonyl (C=O) groups excluding carboxylic acids is 2. The number of amides is 2. The molecule has 8 nitrogen and oxygen atoms in total. The second-order valence-electron chi connectivity index (χ2n) is 6.31. The molecular weight excluding hydrogens is 355 g/mol. The molecule has 0 aromatic carbocycles. The lowest BCUT2D eigenvalue weighted by atomic mass is 9.99. The number of carbonyl (C=O) groups is 2. The largest absolute Gasteiger partial charge is 0.494 e. The van der Waals surface area contributed by atoms with Gasteiger partial charge >= 0.3 is 0 Å². The average molecular weight is 376 g/mol. The number of ether oxygens (including phenoxy) is 2. The van der Waals surface area contributed by atoms with Gasteiger partial charge in [-0.05, 0) is 12.1 Å². The van der Waals surface area contributed by atoms with Crippen molar-refractivity contribution in [2.45, 2.75) is 25.6 Å². The van der Waals surface area contributed by atoms with Crippen LogP contribution < -0.4 is 20.1 Å². The van der Waals surface area contributed by atoms with Crippen LogP contribution in [-0.2, 0) is 4.79 Å². The Balaban J connectivity index is 1.79. The highest BCUT2D eigenvalue weighted by molar-refractivity contribution is 5.98. The van der Waals surface area contributed by atoms with Crippen molar-refractivity contribution >= 4 is 22.7 Å². The van der Waals surface area contributed by atoms with E-state index in [1.54, 1.807) is 19.1 Å². The topological polar surface area (TPSA) is 102 Å². The first-order chi connectivity index (χ1) is 13.0. The number of fused-ring (bicyclic) bond motifs is 1. The Morgan fingerprint density at radius 2 is 2.22 bits per heavy atom. The Bertz CT molecular complexity index is 876. The molecule has 0 bridgehead atoms. The van der Waals surface area contributed by atoms with Crippen LogP contribution in [-0.4, -0.2) is 54.8 Å². The van der Waals surface area contributed by atoms with E-state index >= 15 is 0 Å². The summed E-state index contributed by atoms with van der Waals surface area (Å²) in [6, 6.07) is 3.03. The molecule has 27 heavy (non-hydrogen) atoms. The maximum Gasteiger partial charge on any atom is 0.273 e. The number of rotatable bonds is 6. The van der Waals surface area contributed by atoms with E-state index in [1.165, 1.54) is 20.4 Å². The van der Waals surface area contributed by atoms with Crippen molar-refractivity contribution in [3.8, 4) is 11.6 Å². The third kappa shape index (κ3) is 3.62. The minimum Gasteiger partial charge on any atom is -0.494 e. The molecule has 1 aliphatic rings. The molecule has 0 saturated carbocycles. The van der Waals surface area contributed by atoms with Crippen molar-refractivity contribution in [1.29, 1.82) is 0 Å². The summed E-state index contributed by atoms with van der Waals surface area (Å²) in [4.78, 5) is 31.9. The van der Waals surface area contributed by atoms with E-state index in [-0.39, 0.29) is 24.2 Å². The highest BCUT2D eigenvalue weighted by atomic mass is 19.1. The number of nitrogens with one attached hydrogen (secondary N) is 2. The van der Waals surface area contributed by atoms with Gasteiger partial charge in [-0.15, -0.1) is 0 Å². The molecule has 2 aromatic heterocycles. The van der Waals surface area contributed by atoms with Crippen LogP contribution in [0.15, 0.2) is 18.3 Å². The Hall–Kier alpha value is -2.97. The minimum atomic E-state index is -1.48. The Kier molecular flexibility index (Phi) is 5.38. The van der Waals surface area contributed by atoms with E-state index in [2.05, 4.69) is 20.6 Å². The normalized spacial score (nSPS) is 21.8. The summed E-state index contributed by atoms with van der Waals surface area (Å²) in [6.07, 6.45) is 0.497. The number of alkyl halides is 1. The molecule has 144 valence electrons. The van der Waals surface area contributed by atoms with Crippen LogP contribution in [0.5, 0.6) is 11.6 Å². The fourth-order valence-electron chi connectivity index (χ4n) is 3.06.